The molecule has 0 saturated carbocycles. The maximum absolute atomic E-state index is 13.8. The molecule has 250 valence electrons. The summed E-state index contributed by atoms with van der Waals surface area (Å²) in [5.74, 6) is -1.13. The average Bonchev–Trinajstić information content (AvgIpc) is 3.78. The number of nitrogens with one attached hydrogen (secondary N) is 1. The molecule has 2 aliphatic heterocycles. The van der Waals surface area contributed by atoms with Crippen LogP contribution in [0.5, 0.6) is 5.75 Å². The molecule has 49 heavy (non-hydrogen) atoms. The molecule has 0 fully saturated rings. The smallest absolute Gasteiger partial charge is 0.355 e. The van der Waals surface area contributed by atoms with Crippen LogP contribution < -0.4 is 15.0 Å². The minimum Gasteiger partial charge on any atom is -0.497 e. The summed E-state index contributed by atoms with van der Waals surface area (Å²) in [6.07, 6.45) is 0.00850. The summed E-state index contributed by atoms with van der Waals surface area (Å²) < 4.78 is 46.9. The molecule has 5 aromatic rings. The predicted molar refractivity (Wildman–Crippen MR) is 182 cm³/mol. The second kappa shape index (κ2) is 12.6. The maximum Gasteiger partial charge on any atom is 0.355 e. The fraction of sp³-hybridized carbons (Fsp3) is 0.229. The van der Waals surface area contributed by atoms with Gasteiger partial charge in [-0.05, 0) is 53.8 Å². The van der Waals surface area contributed by atoms with Crippen molar-refractivity contribution in [3.63, 3.8) is 0 Å². The minimum absolute atomic E-state index is 0.0151. The number of methoxy groups -OCH3 is 1. The SMILES string of the molecule is CC[C@@]1(OC(=O)CN=C(Cc2ccc(OC)cc2)NS(=O)(=O)c2cccs2)C(=O)OCc2c1cc1n(c2=O)Cc2cc3ccccc3nc2-1. The number of esters is 2. The summed E-state index contributed by atoms with van der Waals surface area (Å²) in [4.78, 5) is 49.9. The zero-order valence-corrected chi connectivity index (χ0v) is 28.1. The van der Waals surface area contributed by atoms with Crippen LogP contribution in [0.15, 0.2) is 92.2 Å². The molecule has 0 saturated heterocycles. The van der Waals surface area contributed by atoms with Gasteiger partial charge < -0.3 is 18.8 Å². The van der Waals surface area contributed by atoms with Gasteiger partial charge in [0, 0.05) is 22.9 Å². The largest absolute Gasteiger partial charge is 0.497 e. The summed E-state index contributed by atoms with van der Waals surface area (Å²) in [5.41, 5.74) is 1.59. The van der Waals surface area contributed by atoms with Crippen molar-refractivity contribution in [1.82, 2.24) is 14.3 Å². The van der Waals surface area contributed by atoms with Crippen LogP contribution in [0.25, 0.3) is 22.3 Å². The maximum atomic E-state index is 13.8. The quantitative estimate of drug-likeness (QED) is 0.132. The Morgan fingerprint density at radius 1 is 1.10 bits per heavy atom. The molecule has 0 unspecified atom stereocenters. The minimum atomic E-state index is -3.99. The van der Waals surface area contributed by atoms with Crippen LogP contribution in [-0.2, 0) is 54.3 Å². The lowest BCUT2D eigenvalue weighted by Gasteiger charge is -2.35. The molecule has 2 aromatic carbocycles. The topological polar surface area (TPSA) is 155 Å². The number of carbonyl (C=O) groups is 2. The molecule has 0 spiro atoms. The van der Waals surface area contributed by atoms with Crippen LogP contribution in [0.3, 0.4) is 0 Å². The van der Waals surface area contributed by atoms with E-state index in [1.54, 1.807) is 53.3 Å². The number of aromatic nitrogens is 2. The Kier molecular flexibility index (Phi) is 8.28. The Hall–Kier alpha value is -5.34. The van der Waals surface area contributed by atoms with Gasteiger partial charge in [0.2, 0.25) is 5.60 Å². The third kappa shape index (κ3) is 5.86. The monoisotopic (exact) mass is 698 g/mol. The van der Waals surface area contributed by atoms with E-state index in [0.717, 1.165) is 27.8 Å². The lowest BCUT2D eigenvalue weighted by molar-refractivity contribution is -0.188. The highest BCUT2D eigenvalue weighted by Crippen LogP contribution is 2.41. The van der Waals surface area contributed by atoms with E-state index >= 15 is 0 Å². The van der Waals surface area contributed by atoms with Gasteiger partial charge in [0.15, 0.2) is 0 Å². The van der Waals surface area contributed by atoms with Crippen molar-refractivity contribution in [2.24, 2.45) is 4.99 Å². The van der Waals surface area contributed by atoms with Gasteiger partial charge in [-0.3, -0.25) is 14.5 Å². The van der Waals surface area contributed by atoms with Gasteiger partial charge in [0.1, 0.15) is 28.9 Å². The number of aliphatic imine (C=N–C) groups is 1. The lowest BCUT2D eigenvalue weighted by atomic mass is 9.85. The number of nitrogens with zero attached hydrogens (tertiary/aromatic N) is 3. The predicted octanol–water partition coefficient (Wildman–Crippen LogP) is 4.32. The van der Waals surface area contributed by atoms with E-state index in [2.05, 4.69) is 9.71 Å². The zero-order chi connectivity index (χ0) is 34.3. The molecular weight excluding hydrogens is 669 g/mol. The number of para-hydroxylation sites is 1. The van der Waals surface area contributed by atoms with Crippen molar-refractivity contribution in [3.8, 4) is 17.1 Å². The molecule has 2 aliphatic rings. The number of pyridine rings is 2. The second-order valence-electron chi connectivity index (χ2n) is 11.6. The fourth-order valence-corrected chi connectivity index (χ4v) is 8.20. The van der Waals surface area contributed by atoms with Crippen LogP contribution in [0.2, 0.25) is 0 Å². The molecule has 12 nitrogen and oxygen atoms in total. The molecule has 0 amide bonds. The highest BCUT2D eigenvalue weighted by molar-refractivity contribution is 7.92. The van der Waals surface area contributed by atoms with Gasteiger partial charge in [0.05, 0.1) is 36.1 Å². The van der Waals surface area contributed by atoms with E-state index in [0.29, 0.717) is 29.2 Å². The number of amidine groups is 1. The number of benzene rings is 2. The van der Waals surface area contributed by atoms with E-state index in [1.807, 2.05) is 30.3 Å². The van der Waals surface area contributed by atoms with E-state index < -0.39 is 34.1 Å². The molecule has 14 heteroatoms. The van der Waals surface area contributed by atoms with Crippen molar-refractivity contribution in [2.75, 3.05) is 13.7 Å². The van der Waals surface area contributed by atoms with E-state index in [1.165, 1.54) is 13.2 Å². The Balaban J connectivity index is 1.21. The molecule has 1 N–H and O–H groups in total. The number of cyclic esters (lactones) is 1. The number of carbonyl (C=O) groups excluding carboxylic acids is 2. The average molecular weight is 699 g/mol. The summed E-state index contributed by atoms with van der Waals surface area (Å²) in [5, 5.41) is 2.57. The molecule has 7 rings (SSSR count). The van der Waals surface area contributed by atoms with E-state index in [-0.39, 0.29) is 46.2 Å². The van der Waals surface area contributed by atoms with Crippen molar-refractivity contribution in [3.05, 3.63) is 111 Å². The Bertz CT molecular complexity index is 2320. The summed E-state index contributed by atoms with van der Waals surface area (Å²) in [7, 11) is -2.46. The van der Waals surface area contributed by atoms with E-state index in [9.17, 15) is 22.8 Å². The number of fused-ring (bicyclic) bond motifs is 5. The first-order chi connectivity index (χ1) is 23.6. The first kappa shape index (κ1) is 32.2. The molecule has 0 bridgehead atoms. The van der Waals surface area contributed by atoms with Gasteiger partial charge in [-0.1, -0.05) is 43.3 Å². The van der Waals surface area contributed by atoms with Gasteiger partial charge in [-0.15, -0.1) is 11.3 Å². The number of hydrogen-bond donors (Lipinski definition) is 1. The van der Waals surface area contributed by atoms with Crippen LogP contribution >= 0.6 is 11.3 Å². The van der Waals surface area contributed by atoms with Gasteiger partial charge >= 0.3 is 11.9 Å². The summed E-state index contributed by atoms with van der Waals surface area (Å²) >= 11 is 1.04. The standard InChI is InChI=1S/C35H30N4O8S2/c1-3-35(47-30(40)18-36-29(15-21-10-12-24(45-2)13-11-21)38-49(43,44)31-9-6-14-48-31)26-17-28-32-23(16-22-7-4-5-8-27(22)37-32)19-39(28)33(41)25(26)20-46-34(35)42/h4-14,16-17H,3,15,18-20H2,1-2H3,(H,36,38)/t35-/m0/s1. The van der Waals surface area contributed by atoms with Crippen molar-refractivity contribution in [1.29, 1.82) is 0 Å². The highest BCUT2D eigenvalue weighted by Gasteiger charge is 2.50. The van der Waals surface area contributed by atoms with Crippen LogP contribution in [0.4, 0.5) is 0 Å². The highest BCUT2D eigenvalue weighted by atomic mass is 32.2. The summed E-state index contributed by atoms with van der Waals surface area (Å²) in [6.45, 7) is 1.06. The van der Waals surface area contributed by atoms with Gasteiger partial charge in [-0.2, -0.15) is 0 Å². The van der Waals surface area contributed by atoms with Crippen LogP contribution in [-0.4, -0.2) is 49.4 Å². The number of sulfonamides is 1. The van der Waals surface area contributed by atoms with Crippen LogP contribution in [0.1, 0.15) is 35.6 Å². The first-order valence-electron chi connectivity index (χ1n) is 15.4. The molecule has 0 radical (unpaired) electrons. The molecule has 1 atom stereocenters. The number of thiophene rings is 1. The Morgan fingerprint density at radius 3 is 2.63 bits per heavy atom. The van der Waals surface area contributed by atoms with Crippen molar-refractivity contribution < 1.29 is 32.2 Å². The molecule has 3 aromatic heterocycles. The number of hydrogen-bond acceptors (Lipinski definition) is 11. The Morgan fingerprint density at radius 2 is 1.90 bits per heavy atom. The third-order valence-electron chi connectivity index (χ3n) is 8.61. The zero-order valence-electron chi connectivity index (χ0n) is 26.5. The molecular formula is C35H30N4O8S2. The second-order valence-corrected chi connectivity index (χ2v) is 14.4. The fourth-order valence-electron chi connectivity index (χ4n) is 6.15. The number of ether oxygens (including phenoxy) is 3. The normalized spacial score (nSPS) is 16.8. The Labute approximate surface area is 285 Å². The summed E-state index contributed by atoms with van der Waals surface area (Å²) in [6, 6.07) is 21.3. The van der Waals surface area contributed by atoms with Crippen molar-refractivity contribution >= 4 is 50.0 Å². The van der Waals surface area contributed by atoms with Crippen LogP contribution in [0, 0.1) is 0 Å². The molecule has 0 aliphatic carbocycles. The lowest BCUT2D eigenvalue weighted by Crippen LogP contribution is -2.48. The first-order valence-corrected chi connectivity index (χ1v) is 17.8. The molecule has 5 heterocycles. The van der Waals surface area contributed by atoms with Gasteiger partial charge in [0.25, 0.3) is 15.6 Å². The van der Waals surface area contributed by atoms with E-state index in [4.69, 9.17) is 19.2 Å². The van der Waals surface area contributed by atoms with Crippen molar-refractivity contribution in [2.45, 2.75) is 42.7 Å². The number of rotatable bonds is 9. The third-order valence-corrected chi connectivity index (χ3v) is 11.4. The van der Waals surface area contributed by atoms with Gasteiger partial charge in [-0.25, -0.2) is 23.0 Å².